The van der Waals surface area contributed by atoms with Gasteiger partial charge >= 0.3 is 0 Å². The third-order valence-electron chi connectivity index (χ3n) is 4.34. The summed E-state index contributed by atoms with van der Waals surface area (Å²) < 4.78 is 1.78. The summed E-state index contributed by atoms with van der Waals surface area (Å²) in [5.74, 6) is 0. The number of hydrogen-bond acceptors (Lipinski definition) is 4. The van der Waals surface area contributed by atoms with Gasteiger partial charge in [-0.3, -0.25) is 10.1 Å². The number of non-ortho nitro benzene ring substituents is 1. The molecule has 4 aromatic rings. The van der Waals surface area contributed by atoms with Crippen LogP contribution in [0.2, 0.25) is 0 Å². The van der Waals surface area contributed by atoms with Crippen molar-refractivity contribution in [1.82, 2.24) is 14.6 Å². The van der Waals surface area contributed by atoms with Crippen molar-refractivity contribution in [2.45, 2.75) is 13.3 Å². The van der Waals surface area contributed by atoms with Gasteiger partial charge in [0.15, 0.2) is 5.65 Å². The third-order valence-corrected chi connectivity index (χ3v) is 4.34. The van der Waals surface area contributed by atoms with Crippen molar-refractivity contribution in [1.29, 1.82) is 0 Å². The number of nitro benzene ring substituents is 1. The van der Waals surface area contributed by atoms with Crippen molar-refractivity contribution in [3.8, 4) is 22.4 Å². The molecule has 0 unspecified atom stereocenters. The average molecular weight is 344 g/mol. The highest BCUT2D eigenvalue weighted by Gasteiger charge is 2.17. The molecule has 2 heterocycles. The van der Waals surface area contributed by atoms with Gasteiger partial charge in [-0.15, -0.1) is 0 Å². The van der Waals surface area contributed by atoms with E-state index in [-0.39, 0.29) is 5.69 Å². The van der Waals surface area contributed by atoms with Gasteiger partial charge in [0, 0.05) is 29.5 Å². The largest absolute Gasteiger partial charge is 0.270 e. The Morgan fingerprint density at radius 2 is 1.81 bits per heavy atom. The molecule has 2 aromatic heterocycles. The molecule has 26 heavy (non-hydrogen) atoms. The number of nitrogens with zero attached hydrogens (tertiary/aromatic N) is 4. The summed E-state index contributed by atoms with van der Waals surface area (Å²) in [7, 11) is 0. The van der Waals surface area contributed by atoms with Gasteiger partial charge in [-0.25, -0.2) is 9.50 Å². The molecule has 0 aliphatic heterocycles. The molecule has 0 bridgehead atoms. The predicted octanol–water partition coefficient (Wildman–Crippen LogP) is 4.53. The first-order valence-electron chi connectivity index (χ1n) is 8.36. The first-order valence-corrected chi connectivity index (χ1v) is 8.36. The Morgan fingerprint density at radius 1 is 1.04 bits per heavy atom. The lowest BCUT2D eigenvalue weighted by Gasteiger charge is -2.05. The van der Waals surface area contributed by atoms with Crippen molar-refractivity contribution in [2.24, 2.45) is 0 Å². The van der Waals surface area contributed by atoms with Crippen LogP contribution in [0.3, 0.4) is 0 Å². The van der Waals surface area contributed by atoms with Crippen LogP contribution < -0.4 is 0 Å². The van der Waals surface area contributed by atoms with Crippen LogP contribution in [0.1, 0.15) is 12.6 Å². The molecule has 6 heteroatoms. The highest BCUT2D eigenvalue weighted by Crippen LogP contribution is 2.31. The second-order valence-corrected chi connectivity index (χ2v) is 5.91. The molecule has 4 rings (SSSR count). The molecule has 128 valence electrons. The summed E-state index contributed by atoms with van der Waals surface area (Å²) in [5.41, 5.74) is 5.31. The Labute approximate surface area is 149 Å². The Bertz CT molecular complexity index is 1100. The molecule has 2 aromatic carbocycles. The van der Waals surface area contributed by atoms with Gasteiger partial charge in [0.1, 0.15) is 0 Å². The molecule has 0 N–H and O–H groups in total. The Hall–Kier alpha value is -3.54. The lowest BCUT2D eigenvalue weighted by molar-refractivity contribution is -0.384. The molecule has 0 aliphatic carbocycles. The van der Waals surface area contributed by atoms with Gasteiger partial charge in [-0.05, 0) is 18.1 Å². The number of nitro groups is 1. The van der Waals surface area contributed by atoms with Gasteiger partial charge < -0.3 is 0 Å². The van der Waals surface area contributed by atoms with E-state index in [2.05, 4.69) is 11.9 Å². The Balaban J connectivity index is 1.98. The van der Waals surface area contributed by atoms with E-state index in [9.17, 15) is 10.1 Å². The van der Waals surface area contributed by atoms with Crippen LogP contribution in [0.15, 0.2) is 66.9 Å². The summed E-state index contributed by atoms with van der Waals surface area (Å²) in [5, 5.41) is 15.9. The summed E-state index contributed by atoms with van der Waals surface area (Å²) in [6, 6.07) is 18.4. The van der Waals surface area contributed by atoms with E-state index >= 15 is 0 Å². The molecule has 0 atom stereocenters. The van der Waals surface area contributed by atoms with E-state index < -0.39 is 4.92 Å². The van der Waals surface area contributed by atoms with E-state index in [1.807, 2.05) is 42.5 Å². The van der Waals surface area contributed by atoms with Gasteiger partial charge in [0.25, 0.3) is 5.69 Å². The third kappa shape index (κ3) is 2.61. The second kappa shape index (κ2) is 6.40. The van der Waals surface area contributed by atoms with E-state index in [1.165, 1.54) is 6.07 Å². The summed E-state index contributed by atoms with van der Waals surface area (Å²) >= 11 is 0. The van der Waals surface area contributed by atoms with Crippen LogP contribution >= 0.6 is 0 Å². The number of fused-ring (bicyclic) bond motifs is 1. The second-order valence-electron chi connectivity index (χ2n) is 5.91. The fourth-order valence-corrected chi connectivity index (χ4v) is 3.13. The molecule has 6 nitrogen and oxygen atoms in total. The van der Waals surface area contributed by atoms with Gasteiger partial charge in [0.05, 0.1) is 16.3 Å². The van der Waals surface area contributed by atoms with Crippen LogP contribution in [0.25, 0.3) is 28.0 Å². The number of aromatic nitrogens is 3. The highest BCUT2D eigenvalue weighted by molar-refractivity contribution is 5.81. The first kappa shape index (κ1) is 16.0. The van der Waals surface area contributed by atoms with Crippen LogP contribution in [0, 0.1) is 10.1 Å². The molecule has 0 radical (unpaired) electrons. The normalized spacial score (nSPS) is 11.0. The van der Waals surface area contributed by atoms with Crippen molar-refractivity contribution in [3.63, 3.8) is 0 Å². The van der Waals surface area contributed by atoms with Crippen LogP contribution in [0.4, 0.5) is 5.69 Å². The SMILES string of the molecule is CCc1nn2c(-c3cccc([N+](=O)[O-])c3)ccnc2c1-c1ccccc1. The monoisotopic (exact) mass is 344 g/mol. The average Bonchev–Trinajstić information content (AvgIpc) is 3.07. The Morgan fingerprint density at radius 3 is 2.54 bits per heavy atom. The van der Waals surface area contributed by atoms with Crippen molar-refractivity contribution in [2.75, 3.05) is 0 Å². The molecule has 0 spiro atoms. The predicted molar refractivity (Wildman–Crippen MR) is 99.9 cm³/mol. The summed E-state index contributed by atoms with van der Waals surface area (Å²) in [4.78, 5) is 15.3. The maximum Gasteiger partial charge on any atom is 0.270 e. The van der Waals surface area contributed by atoms with Crippen molar-refractivity contribution in [3.05, 3.63) is 82.7 Å². The standard InChI is InChI=1S/C20H16N4O2/c1-2-17-19(14-7-4-3-5-8-14)20-21-12-11-18(23(20)22-17)15-9-6-10-16(13-15)24(25)26/h3-13H,2H2,1H3. The zero-order chi connectivity index (χ0) is 18.1. The van der Waals surface area contributed by atoms with Crippen LogP contribution in [-0.2, 0) is 6.42 Å². The molecule has 0 saturated carbocycles. The van der Waals surface area contributed by atoms with E-state index in [0.29, 0.717) is 0 Å². The topological polar surface area (TPSA) is 73.3 Å². The number of rotatable bonds is 4. The lowest BCUT2D eigenvalue weighted by atomic mass is 10.0. The minimum atomic E-state index is -0.391. The zero-order valence-electron chi connectivity index (χ0n) is 14.2. The van der Waals surface area contributed by atoms with Crippen LogP contribution in [-0.4, -0.2) is 19.5 Å². The van der Waals surface area contributed by atoms with Gasteiger partial charge in [-0.2, -0.15) is 5.10 Å². The van der Waals surface area contributed by atoms with Crippen LogP contribution in [0.5, 0.6) is 0 Å². The summed E-state index contributed by atoms with van der Waals surface area (Å²) in [6.07, 6.45) is 2.49. The fraction of sp³-hybridized carbons (Fsp3) is 0.100. The molecule has 0 saturated heterocycles. The zero-order valence-corrected chi connectivity index (χ0v) is 14.2. The molecule has 0 fully saturated rings. The maximum absolute atomic E-state index is 11.1. The maximum atomic E-state index is 11.1. The smallest absolute Gasteiger partial charge is 0.258 e. The highest BCUT2D eigenvalue weighted by atomic mass is 16.6. The van der Waals surface area contributed by atoms with Gasteiger partial charge in [0.2, 0.25) is 0 Å². The van der Waals surface area contributed by atoms with Crippen molar-refractivity contribution < 1.29 is 4.92 Å². The quantitative estimate of drug-likeness (QED) is 0.402. The Kier molecular flexibility index (Phi) is 3.93. The number of aryl methyl sites for hydroxylation is 1. The summed E-state index contributed by atoms with van der Waals surface area (Å²) in [6.45, 7) is 2.06. The molecular weight excluding hydrogens is 328 g/mol. The van der Waals surface area contributed by atoms with Crippen molar-refractivity contribution >= 4 is 11.3 Å². The van der Waals surface area contributed by atoms with E-state index in [1.54, 1.807) is 22.8 Å². The minimum absolute atomic E-state index is 0.0543. The molecular formula is C20H16N4O2. The fourth-order valence-electron chi connectivity index (χ4n) is 3.13. The number of benzene rings is 2. The van der Waals surface area contributed by atoms with E-state index in [4.69, 9.17) is 5.10 Å². The first-order chi connectivity index (χ1) is 12.7. The van der Waals surface area contributed by atoms with Gasteiger partial charge in [-0.1, -0.05) is 49.4 Å². The number of hydrogen-bond donors (Lipinski definition) is 0. The minimum Gasteiger partial charge on any atom is -0.258 e. The van der Waals surface area contributed by atoms with E-state index in [0.717, 1.165) is 40.1 Å². The molecule has 0 amide bonds. The molecule has 0 aliphatic rings. The lowest BCUT2D eigenvalue weighted by Crippen LogP contribution is -1.97.